The molecule has 0 spiro atoms. The Hall–Kier alpha value is -1.92. The van der Waals surface area contributed by atoms with Crippen molar-refractivity contribution >= 4 is 35.4 Å². The normalized spacial score (nSPS) is 16.9. The third-order valence-corrected chi connectivity index (χ3v) is 7.12. The van der Waals surface area contributed by atoms with E-state index in [4.69, 9.17) is 4.74 Å². The van der Waals surface area contributed by atoms with Gasteiger partial charge >= 0.3 is 5.97 Å². The minimum absolute atomic E-state index is 0.102. The van der Waals surface area contributed by atoms with Gasteiger partial charge in [0.25, 0.3) is 0 Å². The Morgan fingerprint density at radius 1 is 1.07 bits per heavy atom. The standard InChI is InChI=1S/C22H25NO3S2/c1-15(2)12-17(22(25)26-13-16-8-4-3-5-9-16)23-21(24)20-14-27-18-10-6-7-11-19(18)28-20/h3-11,15,17,20H,12-14H2,1-2H3,(H,23,24)/t17-,20?/m0/s1. The molecule has 6 heteroatoms. The molecular weight excluding hydrogens is 390 g/mol. The fraction of sp³-hybridized carbons (Fsp3) is 0.364. The van der Waals surface area contributed by atoms with E-state index < -0.39 is 6.04 Å². The van der Waals surface area contributed by atoms with Crippen LogP contribution >= 0.6 is 23.5 Å². The summed E-state index contributed by atoms with van der Waals surface area (Å²) in [5.74, 6) is 0.485. The lowest BCUT2D eigenvalue weighted by Gasteiger charge is -2.25. The molecule has 0 saturated heterocycles. The molecule has 4 nitrogen and oxygen atoms in total. The van der Waals surface area contributed by atoms with Crippen LogP contribution in [0.1, 0.15) is 25.8 Å². The SMILES string of the molecule is CC(C)C[C@H](NC(=O)C1CSc2ccccc2S1)C(=O)OCc1ccccc1. The zero-order chi connectivity index (χ0) is 19.9. The number of nitrogens with one attached hydrogen (secondary N) is 1. The summed E-state index contributed by atoms with van der Waals surface area (Å²) in [6.45, 7) is 4.28. The smallest absolute Gasteiger partial charge is 0.328 e. The highest BCUT2D eigenvalue weighted by molar-refractivity contribution is 8.06. The molecule has 0 bridgehead atoms. The molecule has 2 aromatic carbocycles. The lowest BCUT2D eigenvalue weighted by molar-refractivity contribution is -0.149. The second kappa shape index (κ2) is 10.0. The van der Waals surface area contributed by atoms with E-state index in [2.05, 4.69) is 11.4 Å². The topological polar surface area (TPSA) is 55.4 Å². The van der Waals surface area contributed by atoms with Gasteiger partial charge in [-0.25, -0.2) is 4.79 Å². The van der Waals surface area contributed by atoms with Gasteiger partial charge in [-0.15, -0.1) is 23.5 Å². The molecule has 0 fully saturated rings. The average Bonchev–Trinajstić information content (AvgIpc) is 2.71. The maximum absolute atomic E-state index is 12.8. The first-order valence-electron chi connectivity index (χ1n) is 9.42. The molecule has 2 aromatic rings. The zero-order valence-corrected chi connectivity index (χ0v) is 17.7. The number of ether oxygens (including phenoxy) is 1. The molecule has 1 N–H and O–H groups in total. The van der Waals surface area contributed by atoms with Crippen LogP contribution in [0, 0.1) is 5.92 Å². The molecule has 3 rings (SSSR count). The first kappa shape index (κ1) is 20.8. The molecule has 148 valence electrons. The van der Waals surface area contributed by atoms with Gasteiger partial charge in [-0.3, -0.25) is 4.79 Å². The minimum Gasteiger partial charge on any atom is -0.459 e. The van der Waals surface area contributed by atoms with Crippen molar-refractivity contribution in [3.05, 3.63) is 60.2 Å². The molecule has 1 aliphatic heterocycles. The minimum atomic E-state index is -0.626. The summed E-state index contributed by atoms with van der Waals surface area (Å²) in [4.78, 5) is 27.8. The second-order valence-electron chi connectivity index (χ2n) is 7.15. The van der Waals surface area contributed by atoms with Crippen molar-refractivity contribution in [1.82, 2.24) is 5.32 Å². The molecule has 1 heterocycles. The third kappa shape index (κ3) is 5.79. The fourth-order valence-corrected chi connectivity index (χ4v) is 5.42. The van der Waals surface area contributed by atoms with E-state index in [0.29, 0.717) is 12.2 Å². The third-order valence-electron chi connectivity index (χ3n) is 4.33. The highest BCUT2D eigenvalue weighted by Gasteiger charge is 2.30. The van der Waals surface area contributed by atoms with Crippen LogP contribution in [0.5, 0.6) is 0 Å². The Morgan fingerprint density at radius 2 is 1.75 bits per heavy atom. The quantitative estimate of drug-likeness (QED) is 0.674. The number of thioether (sulfide) groups is 2. The van der Waals surface area contributed by atoms with Crippen LogP contribution in [-0.2, 0) is 20.9 Å². The van der Waals surface area contributed by atoms with Gasteiger partial charge < -0.3 is 10.1 Å². The maximum atomic E-state index is 12.8. The van der Waals surface area contributed by atoms with Crippen molar-refractivity contribution in [2.24, 2.45) is 5.92 Å². The average molecular weight is 416 g/mol. The molecule has 2 atom stereocenters. The Morgan fingerprint density at radius 3 is 2.46 bits per heavy atom. The van der Waals surface area contributed by atoms with E-state index in [0.717, 1.165) is 10.5 Å². The van der Waals surface area contributed by atoms with Crippen molar-refractivity contribution in [3.8, 4) is 0 Å². The molecule has 1 aliphatic rings. The van der Waals surface area contributed by atoms with Crippen LogP contribution in [0.3, 0.4) is 0 Å². The summed E-state index contributed by atoms with van der Waals surface area (Å²) in [5, 5.41) is 2.73. The van der Waals surface area contributed by atoms with Crippen LogP contribution in [0.2, 0.25) is 0 Å². The van der Waals surface area contributed by atoms with E-state index in [-0.39, 0.29) is 29.7 Å². The van der Waals surface area contributed by atoms with Crippen molar-refractivity contribution in [1.29, 1.82) is 0 Å². The van der Waals surface area contributed by atoms with Crippen LogP contribution in [0.25, 0.3) is 0 Å². The fourth-order valence-electron chi connectivity index (χ4n) is 2.93. The first-order chi connectivity index (χ1) is 13.5. The predicted molar refractivity (Wildman–Crippen MR) is 114 cm³/mol. The summed E-state index contributed by atoms with van der Waals surface area (Å²) >= 11 is 3.25. The van der Waals surface area contributed by atoms with Gasteiger partial charge in [0.15, 0.2) is 0 Å². The number of hydrogen-bond acceptors (Lipinski definition) is 5. The number of carbonyl (C=O) groups excluding carboxylic acids is 2. The highest BCUT2D eigenvalue weighted by Crippen LogP contribution is 2.40. The number of hydrogen-bond donors (Lipinski definition) is 1. The Kier molecular flexibility index (Phi) is 7.45. The summed E-state index contributed by atoms with van der Waals surface area (Å²) in [7, 11) is 0. The monoisotopic (exact) mass is 415 g/mol. The van der Waals surface area contributed by atoms with Gasteiger partial charge in [0.1, 0.15) is 12.6 Å². The van der Waals surface area contributed by atoms with Crippen LogP contribution in [0.4, 0.5) is 0 Å². The van der Waals surface area contributed by atoms with Crippen molar-refractivity contribution < 1.29 is 14.3 Å². The summed E-state index contributed by atoms with van der Waals surface area (Å²) < 4.78 is 5.47. The molecular formula is C22H25NO3S2. The summed E-state index contributed by atoms with van der Waals surface area (Å²) in [6.07, 6.45) is 0.556. The largest absolute Gasteiger partial charge is 0.459 e. The van der Waals surface area contributed by atoms with Crippen molar-refractivity contribution in [3.63, 3.8) is 0 Å². The van der Waals surface area contributed by atoms with Crippen LogP contribution in [0.15, 0.2) is 64.4 Å². The van der Waals surface area contributed by atoms with E-state index in [9.17, 15) is 9.59 Å². The van der Waals surface area contributed by atoms with E-state index in [1.807, 2.05) is 62.4 Å². The molecule has 0 radical (unpaired) electrons. The van der Waals surface area contributed by atoms with Gasteiger partial charge in [-0.1, -0.05) is 56.3 Å². The predicted octanol–water partition coefficient (Wildman–Crippen LogP) is 4.53. The summed E-state index contributed by atoms with van der Waals surface area (Å²) in [5.41, 5.74) is 0.932. The number of amides is 1. The molecule has 1 unspecified atom stereocenters. The maximum Gasteiger partial charge on any atom is 0.328 e. The second-order valence-corrected chi connectivity index (χ2v) is 9.45. The molecule has 1 amide bonds. The molecule has 0 aromatic heterocycles. The van der Waals surface area contributed by atoms with Crippen LogP contribution < -0.4 is 5.32 Å². The van der Waals surface area contributed by atoms with Gasteiger partial charge in [0.05, 0.1) is 5.25 Å². The number of benzene rings is 2. The number of esters is 1. The Bertz CT molecular complexity index is 810. The highest BCUT2D eigenvalue weighted by atomic mass is 32.2. The molecule has 0 saturated carbocycles. The zero-order valence-electron chi connectivity index (χ0n) is 16.1. The van der Waals surface area contributed by atoms with Gasteiger partial charge in [0, 0.05) is 15.5 Å². The van der Waals surface area contributed by atoms with E-state index in [1.54, 1.807) is 23.5 Å². The Balaban J connectivity index is 1.60. The van der Waals surface area contributed by atoms with Crippen LogP contribution in [-0.4, -0.2) is 28.9 Å². The van der Waals surface area contributed by atoms with Crippen molar-refractivity contribution in [2.45, 2.75) is 48.0 Å². The lowest BCUT2D eigenvalue weighted by Crippen LogP contribution is -2.46. The molecule has 0 aliphatic carbocycles. The number of rotatable bonds is 7. The van der Waals surface area contributed by atoms with Gasteiger partial charge in [-0.2, -0.15) is 0 Å². The number of carbonyl (C=O) groups is 2. The molecule has 28 heavy (non-hydrogen) atoms. The number of fused-ring (bicyclic) bond motifs is 1. The van der Waals surface area contributed by atoms with E-state index >= 15 is 0 Å². The lowest BCUT2D eigenvalue weighted by atomic mass is 10.0. The van der Waals surface area contributed by atoms with Crippen molar-refractivity contribution in [2.75, 3.05) is 5.75 Å². The van der Waals surface area contributed by atoms with Gasteiger partial charge in [0.2, 0.25) is 5.91 Å². The van der Waals surface area contributed by atoms with E-state index in [1.165, 1.54) is 4.90 Å². The first-order valence-corrected chi connectivity index (χ1v) is 11.3. The Labute approximate surface area is 174 Å². The summed E-state index contributed by atoms with van der Waals surface area (Å²) in [6, 6.07) is 17.0. The van der Waals surface area contributed by atoms with Gasteiger partial charge in [-0.05, 0) is 30.0 Å².